The Hall–Kier alpha value is -3.37. The van der Waals surface area contributed by atoms with E-state index in [9.17, 15) is 4.57 Å². The van der Waals surface area contributed by atoms with Crippen LogP contribution in [0.15, 0.2) is 97.1 Å². The maximum absolute atomic E-state index is 13.8. The Labute approximate surface area is 238 Å². The molecule has 0 N–H and O–H groups in total. The molecule has 4 aromatic carbocycles. The average molecular weight is 553 g/mol. The van der Waals surface area contributed by atoms with E-state index >= 15 is 0 Å². The van der Waals surface area contributed by atoms with Crippen molar-refractivity contribution in [1.29, 1.82) is 0 Å². The van der Waals surface area contributed by atoms with Crippen LogP contribution >= 0.6 is 8.25 Å². The van der Waals surface area contributed by atoms with Gasteiger partial charge in [-0.1, -0.05) is 86.6 Å². The molecule has 0 radical (unpaired) electrons. The van der Waals surface area contributed by atoms with E-state index in [1.165, 1.54) is 22.3 Å². The Morgan fingerprint density at radius 1 is 0.625 bits per heavy atom. The van der Waals surface area contributed by atoms with Crippen molar-refractivity contribution in [1.82, 2.24) is 0 Å². The molecule has 6 rings (SSSR count). The van der Waals surface area contributed by atoms with Crippen LogP contribution in [0.2, 0.25) is 0 Å². The first-order chi connectivity index (χ1) is 19.6. The van der Waals surface area contributed by atoms with E-state index in [-0.39, 0.29) is 0 Å². The molecule has 0 bridgehead atoms. The molecule has 4 aromatic rings. The van der Waals surface area contributed by atoms with Crippen LogP contribution in [0.4, 0.5) is 11.4 Å². The summed E-state index contributed by atoms with van der Waals surface area (Å²) in [5.74, 6) is 0. The highest BCUT2D eigenvalue weighted by molar-refractivity contribution is 7.33. The molecule has 6 heteroatoms. The topological polar surface area (TPSA) is 42.0 Å². The van der Waals surface area contributed by atoms with Gasteiger partial charge in [-0.05, 0) is 72.2 Å². The zero-order chi connectivity index (χ0) is 27.5. The summed E-state index contributed by atoms with van der Waals surface area (Å²) in [6, 6.07) is 33.8. The molecule has 0 spiro atoms. The fourth-order valence-corrected chi connectivity index (χ4v) is 6.83. The molecular formula is C34H37N2O3P. The Morgan fingerprint density at radius 3 is 1.43 bits per heavy atom. The van der Waals surface area contributed by atoms with E-state index in [4.69, 9.17) is 9.05 Å². The van der Waals surface area contributed by atoms with Gasteiger partial charge in [-0.25, -0.2) is 0 Å². The maximum atomic E-state index is 13.8. The van der Waals surface area contributed by atoms with Crippen molar-refractivity contribution in [3.63, 3.8) is 0 Å². The van der Waals surface area contributed by atoms with Gasteiger partial charge >= 0.3 is 8.25 Å². The molecule has 2 aliphatic rings. The lowest BCUT2D eigenvalue weighted by atomic mass is 9.97. The summed E-state index contributed by atoms with van der Waals surface area (Å²) in [5, 5.41) is 0. The minimum Gasteiger partial charge on any atom is -0.342 e. The number of fused-ring (bicyclic) bond motifs is 2. The lowest BCUT2D eigenvalue weighted by molar-refractivity contribution is 0.119. The largest absolute Gasteiger partial charge is 0.342 e. The van der Waals surface area contributed by atoms with E-state index in [1.807, 2.05) is 12.1 Å². The summed E-state index contributed by atoms with van der Waals surface area (Å²) in [6.07, 6.45) is 2.83. The second-order valence-corrected chi connectivity index (χ2v) is 11.5. The summed E-state index contributed by atoms with van der Waals surface area (Å²) in [6.45, 7) is 5.88. The van der Waals surface area contributed by atoms with Gasteiger partial charge in [0, 0.05) is 35.6 Å². The van der Waals surface area contributed by atoms with E-state index in [0.29, 0.717) is 0 Å². The smallest absolute Gasteiger partial charge is 0.323 e. The summed E-state index contributed by atoms with van der Waals surface area (Å²) >= 11 is 0. The number of aryl methyl sites for hydroxylation is 2. The Kier molecular flexibility index (Phi) is 8.06. The van der Waals surface area contributed by atoms with Crippen LogP contribution in [-0.2, 0) is 39.3 Å². The molecule has 2 atom stereocenters. The molecule has 206 valence electrons. The van der Waals surface area contributed by atoms with E-state index < -0.39 is 20.7 Å². The third-order valence-electron chi connectivity index (χ3n) is 8.22. The fraction of sp³-hybridized carbons (Fsp3) is 0.294. The van der Waals surface area contributed by atoms with Crippen LogP contribution < -0.4 is 9.80 Å². The molecule has 0 aromatic heterocycles. The van der Waals surface area contributed by atoms with Gasteiger partial charge in [-0.15, -0.1) is 0 Å². The monoisotopic (exact) mass is 552 g/mol. The van der Waals surface area contributed by atoms with Crippen molar-refractivity contribution in [2.24, 2.45) is 0 Å². The zero-order valence-electron chi connectivity index (χ0n) is 23.3. The molecule has 0 amide bonds. The molecular weight excluding hydrogens is 515 g/mol. The molecule has 2 heterocycles. The van der Waals surface area contributed by atoms with Crippen molar-refractivity contribution in [3.05, 3.63) is 130 Å². The van der Waals surface area contributed by atoms with Crippen molar-refractivity contribution in [2.75, 3.05) is 22.9 Å². The van der Waals surface area contributed by atoms with Gasteiger partial charge in [0.05, 0.1) is 0 Å². The van der Waals surface area contributed by atoms with Crippen molar-refractivity contribution in [2.45, 2.75) is 52.0 Å². The third kappa shape index (κ3) is 5.47. The normalized spacial score (nSPS) is 18.5. The number of hydrogen-bond donors (Lipinski definition) is 0. The lowest BCUT2D eigenvalue weighted by Gasteiger charge is -2.40. The van der Waals surface area contributed by atoms with Crippen LogP contribution in [-0.4, -0.2) is 13.1 Å². The number of hydrogen-bond acceptors (Lipinski definition) is 5. The SMILES string of the molecule is CCc1ccc(N2CCc3ccccc3[C@@H]2O[PH](=O)O[C@H]2c3ccccc3CCN2c2ccc(CC)cc2)cc1. The van der Waals surface area contributed by atoms with Gasteiger partial charge < -0.3 is 9.80 Å². The Morgan fingerprint density at radius 2 is 1.02 bits per heavy atom. The van der Waals surface area contributed by atoms with Crippen molar-refractivity contribution in [3.8, 4) is 0 Å². The average Bonchev–Trinajstić information content (AvgIpc) is 3.01. The predicted molar refractivity (Wildman–Crippen MR) is 163 cm³/mol. The molecule has 5 nitrogen and oxygen atoms in total. The third-order valence-corrected chi connectivity index (χ3v) is 9.05. The second-order valence-electron chi connectivity index (χ2n) is 10.5. The molecule has 0 fully saturated rings. The number of nitrogens with zero attached hydrogens (tertiary/aromatic N) is 2. The van der Waals surface area contributed by atoms with Crippen LogP contribution in [0.5, 0.6) is 0 Å². The van der Waals surface area contributed by atoms with Gasteiger partial charge in [0.1, 0.15) is 0 Å². The summed E-state index contributed by atoms with van der Waals surface area (Å²) < 4.78 is 26.6. The minimum absolute atomic E-state index is 0.486. The summed E-state index contributed by atoms with van der Waals surface area (Å²) in [4.78, 5) is 4.42. The summed E-state index contributed by atoms with van der Waals surface area (Å²) in [7, 11) is -2.91. The zero-order valence-corrected chi connectivity index (χ0v) is 24.3. The Balaban J connectivity index is 1.30. The van der Waals surface area contributed by atoms with Crippen molar-refractivity contribution >= 4 is 19.6 Å². The van der Waals surface area contributed by atoms with Crippen LogP contribution in [0.25, 0.3) is 0 Å². The van der Waals surface area contributed by atoms with Gasteiger partial charge in [0.25, 0.3) is 0 Å². The summed E-state index contributed by atoms with van der Waals surface area (Å²) in [5.41, 5.74) is 9.25. The molecule has 40 heavy (non-hydrogen) atoms. The van der Waals surface area contributed by atoms with E-state index in [1.54, 1.807) is 0 Å². The van der Waals surface area contributed by atoms with Crippen LogP contribution in [0.3, 0.4) is 0 Å². The molecule has 2 aliphatic heterocycles. The van der Waals surface area contributed by atoms with Crippen molar-refractivity contribution < 1.29 is 13.6 Å². The maximum Gasteiger partial charge on any atom is 0.323 e. The van der Waals surface area contributed by atoms with Gasteiger partial charge in [0.15, 0.2) is 12.5 Å². The predicted octanol–water partition coefficient (Wildman–Crippen LogP) is 8.06. The standard InChI is InChI=1S/C34H37N2O3P/c1-3-25-13-17-29(18-14-25)35-23-21-27-9-5-7-11-31(27)33(35)38-40(37)39-34-32-12-8-6-10-28(32)22-24-36(34)30-19-15-26(4-2)16-20-30/h5-20,33-34,40H,3-4,21-24H2,1-2H3/t33-,34-/m0/s1. The molecule has 0 aliphatic carbocycles. The fourth-order valence-electron chi connectivity index (χ4n) is 5.90. The molecule has 0 saturated carbocycles. The highest BCUT2D eigenvalue weighted by Gasteiger charge is 2.34. The number of rotatable bonds is 8. The van der Waals surface area contributed by atoms with Gasteiger partial charge in [-0.3, -0.25) is 13.6 Å². The minimum atomic E-state index is -2.91. The molecule has 0 unspecified atom stereocenters. The first-order valence-electron chi connectivity index (χ1n) is 14.4. The van der Waals surface area contributed by atoms with Gasteiger partial charge in [-0.2, -0.15) is 0 Å². The Bertz CT molecular complexity index is 1360. The lowest BCUT2D eigenvalue weighted by Crippen LogP contribution is -2.37. The molecule has 0 saturated heterocycles. The first kappa shape index (κ1) is 26.8. The number of benzene rings is 4. The van der Waals surface area contributed by atoms with Crippen LogP contribution in [0, 0.1) is 0 Å². The highest BCUT2D eigenvalue weighted by atomic mass is 31.1. The number of anilines is 2. The second kappa shape index (κ2) is 12.0. The van der Waals surface area contributed by atoms with Gasteiger partial charge in [0.2, 0.25) is 0 Å². The highest BCUT2D eigenvalue weighted by Crippen LogP contribution is 2.46. The van der Waals surface area contributed by atoms with Crippen LogP contribution in [0.1, 0.15) is 59.7 Å². The van der Waals surface area contributed by atoms with E-state index in [2.05, 4.69) is 109 Å². The quantitative estimate of drug-likeness (QED) is 0.207. The van der Waals surface area contributed by atoms with E-state index in [0.717, 1.165) is 61.3 Å². The first-order valence-corrected chi connectivity index (χ1v) is 15.6.